The third-order valence-electron chi connectivity index (χ3n) is 3.03. The summed E-state index contributed by atoms with van der Waals surface area (Å²) in [5.74, 6) is -0.345. The second kappa shape index (κ2) is 6.97. The lowest BCUT2D eigenvalue weighted by Crippen LogP contribution is -2.28. The molecule has 1 aromatic carbocycles. The lowest BCUT2D eigenvalue weighted by atomic mass is 10.2. The minimum Gasteiger partial charge on any atom is -0.331 e. The average molecular weight is 328 g/mol. The van der Waals surface area contributed by atoms with Crippen molar-refractivity contribution in [1.29, 1.82) is 0 Å². The SMILES string of the molecule is O=C(NCc1nc(-c2ccncc2)cs1)Nc1ccc(F)cc1. The molecular weight excluding hydrogens is 315 g/mol. The molecular formula is C16H13FN4OS. The predicted octanol–water partition coefficient (Wildman–Crippen LogP) is 3.67. The minimum absolute atomic E-state index is 0.322. The Balaban J connectivity index is 1.55. The summed E-state index contributed by atoms with van der Waals surface area (Å²) >= 11 is 1.47. The number of benzene rings is 1. The van der Waals surface area contributed by atoms with E-state index in [1.165, 1.54) is 35.6 Å². The van der Waals surface area contributed by atoms with E-state index in [1.54, 1.807) is 12.4 Å². The van der Waals surface area contributed by atoms with Crippen molar-refractivity contribution in [3.8, 4) is 11.3 Å². The van der Waals surface area contributed by atoms with Crippen LogP contribution in [0.25, 0.3) is 11.3 Å². The molecule has 2 heterocycles. The van der Waals surface area contributed by atoms with Gasteiger partial charge in [0.1, 0.15) is 10.8 Å². The van der Waals surface area contributed by atoms with Crippen molar-refractivity contribution >= 4 is 23.1 Å². The van der Waals surface area contributed by atoms with Gasteiger partial charge in [0.15, 0.2) is 0 Å². The molecule has 0 radical (unpaired) electrons. The number of hydrogen-bond acceptors (Lipinski definition) is 4. The molecule has 2 N–H and O–H groups in total. The first kappa shape index (κ1) is 15.1. The highest BCUT2D eigenvalue weighted by Gasteiger charge is 2.06. The number of rotatable bonds is 4. The molecule has 0 fully saturated rings. The van der Waals surface area contributed by atoms with Crippen LogP contribution < -0.4 is 10.6 Å². The van der Waals surface area contributed by atoms with Crippen molar-refractivity contribution in [2.75, 3.05) is 5.32 Å². The van der Waals surface area contributed by atoms with Crippen LogP contribution in [-0.2, 0) is 6.54 Å². The fourth-order valence-electron chi connectivity index (χ4n) is 1.91. The van der Waals surface area contributed by atoms with E-state index in [2.05, 4.69) is 20.6 Å². The maximum atomic E-state index is 12.8. The van der Waals surface area contributed by atoms with Gasteiger partial charge >= 0.3 is 6.03 Å². The fourth-order valence-corrected chi connectivity index (χ4v) is 2.65. The van der Waals surface area contributed by atoms with E-state index in [1.807, 2.05) is 17.5 Å². The molecule has 116 valence electrons. The molecule has 0 saturated carbocycles. The molecule has 2 amide bonds. The quantitative estimate of drug-likeness (QED) is 0.768. The number of amides is 2. The zero-order valence-electron chi connectivity index (χ0n) is 12.0. The number of urea groups is 1. The lowest BCUT2D eigenvalue weighted by molar-refractivity contribution is 0.251. The second-order valence-electron chi connectivity index (χ2n) is 4.68. The van der Waals surface area contributed by atoms with Gasteiger partial charge in [-0.2, -0.15) is 0 Å². The van der Waals surface area contributed by atoms with Crippen molar-refractivity contribution < 1.29 is 9.18 Å². The van der Waals surface area contributed by atoms with E-state index < -0.39 is 0 Å². The summed E-state index contributed by atoms with van der Waals surface area (Å²) in [5, 5.41) is 8.08. The van der Waals surface area contributed by atoms with Crippen LogP contribution in [-0.4, -0.2) is 16.0 Å². The Bertz CT molecular complexity index is 789. The van der Waals surface area contributed by atoms with Crippen molar-refractivity contribution in [2.45, 2.75) is 6.54 Å². The van der Waals surface area contributed by atoms with Crippen molar-refractivity contribution in [3.05, 3.63) is 65.0 Å². The monoisotopic (exact) mass is 328 g/mol. The zero-order chi connectivity index (χ0) is 16.1. The van der Waals surface area contributed by atoms with Crippen LogP contribution in [0.2, 0.25) is 0 Å². The topological polar surface area (TPSA) is 66.9 Å². The highest BCUT2D eigenvalue weighted by Crippen LogP contribution is 2.20. The number of aromatic nitrogens is 2. The molecule has 2 aromatic heterocycles. The number of nitrogens with zero attached hydrogens (tertiary/aromatic N) is 2. The molecule has 23 heavy (non-hydrogen) atoms. The highest BCUT2D eigenvalue weighted by atomic mass is 32.1. The number of anilines is 1. The van der Waals surface area contributed by atoms with E-state index in [0.717, 1.165) is 16.3 Å². The Labute approximate surface area is 136 Å². The average Bonchev–Trinajstić information content (AvgIpc) is 3.05. The summed E-state index contributed by atoms with van der Waals surface area (Å²) in [5.41, 5.74) is 2.37. The number of carbonyl (C=O) groups excluding carboxylic acids is 1. The van der Waals surface area contributed by atoms with Crippen molar-refractivity contribution in [2.24, 2.45) is 0 Å². The van der Waals surface area contributed by atoms with Gasteiger partial charge in [-0.15, -0.1) is 11.3 Å². The van der Waals surface area contributed by atoms with Gasteiger partial charge in [-0.05, 0) is 36.4 Å². The van der Waals surface area contributed by atoms with Crippen LogP contribution in [0.1, 0.15) is 5.01 Å². The molecule has 3 aromatic rings. The molecule has 0 spiro atoms. The molecule has 3 rings (SSSR count). The number of carbonyl (C=O) groups is 1. The van der Waals surface area contributed by atoms with Gasteiger partial charge in [0.05, 0.1) is 12.2 Å². The summed E-state index contributed by atoms with van der Waals surface area (Å²) in [4.78, 5) is 20.2. The predicted molar refractivity (Wildman–Crippen MR) is 87.6 cm³/mol. The van der Waals surface area contributed by atoms with Crippen molar-refractivity contribution in [1.82, 2.24) is 15.3 Å². The van der Waals surface area contributed by atoms with Gasteiger partial charge in [0.25, 0.3) is 0 Å². The largest absolute Gasteiger partial charge is 0.331 e. The maximum Gasteiger partial charge on any atom is 0.319 e. The number of hydrogen-bond donors (Lipinski definition) is 2. The van der Waals surface area contributed by atoms with E-state index in [-0.39, 0.29) is 11.8 Å². The first-order valence-electron chi connectivity index (χ1n) is 6.86. The van der Waals surface area contributed by atoms with Gasteiger partial charge in [-0.25, -0.2) is 14.2 Å². The number of halogens is 1. The standard InChI is InChI=1S/C16H13FN4OS/c17-12-1-3-13(4-2-12)20-16(22)19-9-15-21-14(10-23-15)11-5-7-18-8-6-11/h1-8,10H,9H2,(H2,19,20,22). The number of nitrogens with one attached hydrogen (secondary N) is 2. The first-order valence-corrected chi connectivity index (χ1v) is 7.74. The molecule has 0 unspecified atom stereocenters. The summed E-state index contributed by atoms with van der Waals surface area (Å²) in [7, 11) is 0. The van der Waals surface area contributed by atoms with Gasteiger partial charge in [-0.3, -0.25) is 4.98 Å². The molecule has 0 aliphatic heterocycles. The van der Waals surface area contributed by atoms with Gasteiger partial charge in [0.2, 0.25) is 0 Å². The van der Waals surface area contributed by atoms with E-state index in [4.69, 9.17) is 0 Å². The van der Waals surface area contributed by atoms with E-state index >= 15 is 0 Å². The molecule has 7 heteroatoms. The normalized spacial score (nSPS) is 10.3. The van der Waals surface area contributed by atoms with Crippen LogP contribution in [0.3, 0.4) is 0 Å². The Morgan fingerprint density at radius 2 is 1.87 bits per heavy atom. The molecule has 0 bridgehead atoms. The molecule has 0 saturated heterocycles. The van der Waals surface area contributed by atoms with Crippen LogP contribution in [0.4, 0.5) is 14.9 Å². The summed E-state index contributed by atoms with van der Waals surface area (Å²) in [6.45, 7) is 0.322. The Morgan fingerprint density at radius 3 is 2.61 bits per heavy atom. The Kier molecular flexibility index (Phi) is 4.58. The second-order valence-corrected chi connectivity index (χ2v) is 5.62. The molecule has 0 aliphatic carbocycles. The van der Waals surface area contributed by atoms with Gasteiger partial charge < -0.3 is 10.6 Å². The third kappa shape index (κ3) is 4.10. The first-order chi connectivity index (χ1) is 11.2. The zero-order valence-corrected chi connectivity index (χ0v) is 12.8. The van der Waals surface area contributed by atoms with Crippen LogP contribution >= 0.6 is 11.3 Å². The smallest absolute Gasteiger partial charge is 0.319 e. The fraction of sp³-hybridized carbons (Fsp3) is 0.0625. The molecule has 5 nitrogen and oxygen atoms in total. The van der Waals surface area contributed by atoms with E-state index in [9.17, 15) is 9.18 Å². The van der Waals surface area contributed by atoms with Gasteiger partial charge in [0, 0.05) is 29.0 Å². The number of thiazole rings is 1. The van der Waals surface area contributed by atoms with Crippen LogP contribution in [0, 0.1) is 5.82 Å². The van der Waals surface area contributed by atoms with Crippen LogP contribution in [0.5, 0.6) is 0 Å². The molecule has 0 atom stereocenters. The van der Waals surface area contributed by atoms with Crippen molar-refractivity contribution in [3.63, 3.8) is 0 Å². The Hall–Kier alpha value is -2.80. The number of pyridine rings is 1. The van der Waals surface area contributed by atoms with Gasteiger partial charge in [-0.1, -0.05) is 0 Å². The summed E-state index contributed by atoms with van der Waals surface area (Å²) < 4.78 is 12.8. The maximum absolute atomic E-state index is 12.8. The summed E-state index contributed by atoms with van der Waals surface area (Å²) in [6.07, 6.45) is 3.42. The molecule has 0 aliphatic rings. The third-order valence-corrected chi connectivity index (χ3v) is 3.88. The Morgan fingerprint density at radius 1 is 1.13 bits per heavy atom. The summed E-state index contributed by atoms with van der Waals surface area (Å²) in [6, 6.07) is 8.98. The minimum atomic E-state index is -0.364. The van der Waals surface area contributed by atoms with Crippen LogP contribution in [0.15, 0.2) is 54.2 Å². The van der Waals surface area contributed by atoms with E-state index in [0.29, 0.717) is 12.2 Å². The highest BCUT2D eigenvalue weighted by molar-refractivity contribution is 7.09. The lowest BCUT2D eigenvalue weighted by Gasteiger charge is -2.06.